The standard InChI is InChI=1S/C24H26F2N4O4/c1-24(2)13-17-19(33-15-4-5-16(18(26)12-15)23(32)29-9-7-25)10-14(11-20(17)34-24)22(31)30-21(27)6-8-28-3/h4-6,8,10-12,28H,7,9,13H2,1-3H3,(H,29,32)(H2,27,30,31)/b8-6-. The smallest absolute Gasteiger partial charge is 0.279 e. The normalized spacial score (nSPS) is 14.4. The van der Waals surface area contributed by atoms with Crippen LogP contribution in [0.25, 0.3) is 0 Å². The molecule has 0 saturated carbocycles. The molecule has 1 heterocycles. The molecule has 0 radical (unpaired) electrons. The van der Waals surface area contributed by atoms with E-state index in [4.69, 9.17) is 15.2 Å². The van der Waals surface area contributed by atoms with Crippen molar-refractivity contribution in [3.05, 3.63) is 65.1 Å². The van der Waals surface area contributed by atoms with E-state index in [0.29, 0.717) is 23.5 Å². The van der Waals surface area contributed by atoms with Gasteiger partial charge in [0.1, 0.15) is 41.2 Å². The second-order valence-corrected chi connectivity index (χ2v) is 8.14. The molecule has 2 aromatic rings. The van der Waals surface area contributed by atoms with Crippen LogP contribution in [0.5, 0.6) is 17.2 Å². The molecule has 34 heavy (non-hydrogen) atoms. The van der Waals surface area contributed by atoms with Crippen molar-refractivity contribution in [2.24, 2.45) is 10.7 Å². The Bertz CT molecular complexity index is 1160. The first kappa shape index (κ1) is 24.7. The highest BCUT2D eigenvalue weighted by Gasteiger charge is 2.34. The lowest BCUT2D eigenvalue weighted by atomic mass is 9.99. The number of aliphatic imine (C=N–C) groups is 1. The van der Waals surface area contributed by atoms with Gasteiger partial charge in [0.15, 0.2) is 0 Å². The predicted molar refractivity (Wildman–Crippen MR) is 124 cm³/mol. The van der Waals surface area contributed by atoms with E-state index in [9.17, 15) is 18.4 Å². The Morgan fingerprint density at radius 1 is 1.29 bits per heavy atom. The maximum Gasteiger partial charge on any atom is 0.279 e. The van der Waals surface area contributed by atoms with E-state index < -0.39 is 29.9 Å². The van der Waals surface area contributed by atoms with Crippen LogP contribution in [0.4, 0.5) is 8.78 Å². The number of hydrogen-bond donors (Lipinski definition) is 3. The van der Waals surface area contributed by atoms with Crippen LogP contribution < -0.4 is 25.8 Å². The number of rotatable bonds is 8. The summed E-state index contributed by atoms with van der Waals surface area (Å²) in [5, 5.41) is 5.02. The number of nitrogens with zero attached hydrogens (tertiary/aromatic N) is 1. The molecule has 0 saturated heterocycles. The largest absolute Gasteiger partial charge is 0.487 e. The van der Waals surface area contributed by atoms with Gasteiger partial charge in [-0.05, 0) is 50.4 Å². The SMILES string of the molecule is CN/C=C\C(N)=NC(=O)c1cc(Oc2ccc(C(=O)NCCF)c(F)c2)c2c(c1)OC(C)(C)C2. The van der Waals surface area contributed by atoms with Crippen molar-refractivity contribution in [2.45, 2.75) is 25.9 Å². The van der Waals surface area contributed by atoms with E-state index in [1.807, 2.05) is 13.8 Å². The number of halogens is 2. The van der Waals surface area contributed by atoms with Gasteiger partial charge in [0, 0.05) is 37.2 Å². The third kappa shape index (κ3) is 5.89. The number of nitrogens with one attached hydrogen (secondary N) is 2. The quantitative estimate of drug-likeness (QED) is 0.401. The van der Waals surface area contributed by atoms with Crippen molar-refractivity contribution in [1.82, 2.24) is 10.6 Å². The van der Waals surface area contributed by atoms with Crippen LogP contribution in [-0.4, -0.2) is 43.5 Å². The summed E-state index contributed by atoms with van der Waals surface area (Å²) in [5.74, 6) is -1.31. The molecule has 2 aromatic carbocycles. The van der Waals surface area contributed by atoms with Gasteiger partial charge in [0.05, 0.1) is 5.56 Å². The van der Waals surface area contributed by atoms with Crippen molar-refractivity contribution in [1.29, 1.82) is 0 Å². The molecule has 0 spiro atoms. The van der Waals surface area contributed by atoms with Crippen LogP contribution in [-0.2, 0) is 6.42 Å². The van der Waals surface area contributed by atoms with Crippen LogP contribution in [0, 0.1) is 5.82 Å². The van der Waals surface area contributed by atoms with Crippen LogP contribution in [0.1, 0.15) is 40.1 Å². The van der Waals surface area contributed by atoms with Gasteiger partial charge >= 0.3 is 0 Å². The van der Waals surface area contributed by atoms with Gasteiger partial charge in [0.2, 0.25) is 0 Å². The third-order valence-corrected chi connectivity index (χ3v) is 4.85. The summed E-state index contributed by atoms with van der Waals surface area (Å²) in [6.07, 6.45) is 3.47. The molecule has 8 nitrogen and oxygen atoms in total. The number of fused-ring (bicyclic) bond motifs is 1. The minimum absolute atomic E-state index is 0.00672. The van der Waals surface area contributed by atoms with E-state index in [0.717, 1.165) is 6.07 Å². The Kier molecular flexibility index (Phi) is 7.50. The van der Waals surface area contributed by atoms with Crippen LogP contribution >= 0.6 is 0 Å². The molecule has 180 valence electrons. The fraction of sp³-hybridized carbons (Fsp3) is 0.292. The molecular formula is C24H26F2N4O4. The molecule has 0 atom stereocenters. The zero-order valence-electron chi connectivity index (χ0n) is 19.1. The molecule has 0 aliphatic carbocycles. The maximum absolute atomic E-state index is 14.5. The number of benzene rings is 2. The molecule has 4 N–H and O–H groups in total. The zero-order chi connectivity index (χ0) is 24.9. The Morgan fingerprint density at radius 3 is 2.74 bits per heavy atom. The van der Waals surface area contributed by atoms with Crippen molar-refractivity contribution in [3.63, 3.8) is 0 Å². The zero-order valence-corrected chi connectivity index (χ0v) is 19.1. The summed E-state index contributed by atoms with van der Waals surface area (Å²) >= 11 is 0. The maximum atomic E-state index is 14.5. The highest BCUT2D eigenvalue weighted by Crippen LogP contribution is 2.43. The van der Waals surface area contributed by atoms with E-state index >= 15 is 0 Å². The summed E-state index contributed by atoms with van der Waals surface area (Å²) < 4.78 is 38.7. The van der Waals surface area contributed by atoms with Crippen LogP contribution in [0.3, 0.4) is 0 Å². The Balaban J connectivity index is 1.93. The molecule has 0 unspecified atom stereocenters. The van der Waals surface area contributed by atoms with Crippen LogP contribution in [0.2, 0.25) is 0 Å². The Hall–Kier alpha value is -3.95. The molecule has 10 heteroatoms. The number of hydrogen-bond acceptors (Lipinski definition) is 5. The van der Waals surface area contributed by atoms with E-state index in [2.05, 4.69) is 15.6 Å². The van der Waals surface area contributed by atoms with E-state index in [1.165, 1.54) is 30.5 Å². The minimum Gasteiger partial charge on any atom is -0.487 e. The van der Waals surface area contributed by atoms with E-state index in [-0.39, 0.29) is 29.3 Å². The summed E-state index contributed by atoms with van der Waals surface area (Å²) in [4.78, 5) is 28.5. The lowest BCUT2D eigenvalue weighted by Gasteiger charge is -2.16. The topological polar surface area (TPSA) is 115 Å². The van der Waals surface area contributed by atoms with Gasteiger partial charge in [-0.2, -0.15) is 4.99 Å². The van der Waals surface area contributed by atoms with E-state index in [1.54, 1.807) is 13.1 Å². The molecule has 1 aliphatic rings. The number of ether oxygens (including phenoxy) is 2. The summed E-state index contributed by atoms with van der Waals surface area (Å²) in [6.45, 7) is 2.81. The van der Waals surface area contributed by atoms with Gasteiger partial charge in [-0.15, -0.1) is 0 Å². The van der Waals surface area contributed by atoms with Crippen molar-refractivity contribution in [2.75, 3.05) is 20.3 Å². The van der Waals surface area contributed by atoms with Crippen molar-refractivity contribution >= 4 is 17.6 Å². The minimum atomic E-state index is -0.831. The first-order valence-electron chi connectivity index (χ1n) is 10.5. The second-order valence-electron chi connectivity index (χ2n) is 8.14. The molecule has 0 fully saturated rings. The van der Waals surface area contributed by atoms with Gasteiger partial charge in [-0.25, -0.2) is 8.78 Å². The predicted octanol–water partition coefficient (Wildman–Crippen LogP) is 3.26. The fourth-order valence-electron chi connectivity index (χ4n) is 3.37. The first-order valence-corrected chi connectivity index (χ1v) is 10.5. The summed E-state index contributed by atoms with van der Waals surface area (Å²) in [5.41, 5.74) is 5.85. The van der Waals surface area contributed by atoms with Gasteiger partial charge < -0.3 is 25.8 Å². The molecule has 1 aliphatic heterocycles. The number of carbonyl (C=O) groups excluding carboxylic acids is 2. The molecule has 0 aromatic heterocycles. The Labute approximate surface area is 195 Å². The first-order chi connectivity index (χ1) is 16.1. The highest BCUT2D eigenvalue weighted by molar-refractivity contribution is 6.06. The van der Waals surface area contributed by atoms with Gasteiger partial charge in [-0.3, -0.25) is 9.59 Å². The lowest BCUT2D eigenvalue weighted by molar-refractivity contribution is 0.0945. The average Bonchev–Trinajstić information content (AvgIpc) is 3.10. The Morgan fingerprint density at radius 2 is 2.06 bits per heavy atom. The average molecular weight is 472 g/mol. The molecular weight excluding hydrogens is 446 g/mol. The lowest BCUT2D eigenvalue weighted by Crippen LogP contribution is -2.26. The molecule has 0 bridgehead atoms. The number of nitrogens with two attached hydrogens (primary N) is 1. The van der Waals surface area contributed by atoms with Gasteiger partial charge in [0.25, 0.3) is 11.8 Å². The summed E-state index contributed by atoms with van der Waals surface area (Å²) in [7, 11) is 1.68. The second kappa shape index (κ2) is 10.3. The highest BCUT2D eigenvalue weighted by atomic mass is 19.1. The number of alkyl halides is 1. The van der Waals surface area contributed by atoms with Gasteiger partial charge in [-0.1, -0.05) is 0 Å². The monoisotopic (exact) mass is 472 g/mol. The van der Waals surface area contributed by atoms with Crippen LogP contribution in [0.15, 0.2) is 47.6 Å². The molecule has 2 amide bonds. The fourth-order valence-corrected chi connectivity index (χ4v) is 3.37. The number of amidine groups is 1. The number of carbonyl (C=O) groups is 2. The van der Waals surface area contributed by atoms with Crippen molar-refractivity contribution in [3.8, 4) is 17.2 Å². The molecule has 3 rings (SSSR count). The van der Waals surface area contributed by atoms with Crippen molar-refractivity contribution < 1.29 is 27.8 Å². The summed E-state index contributed by atoms with van der Waals surface area (Å²) in [6, 6.07) is 6.76. The third-order valence-electron chi connectivity index (χ3n) is 4.85. The number of amides is 2.